The molecule has 0 aliphatic carbocycles. The molecule has 0 heterocycles. The monoisotopic (exact) mass is 354 g/mol. The number of nitrogens with zero attached hydrogens (tertiary/aromatic N) is 1. The van der Waals surface area contributed by atoms with Crippen LogP contribution in [0.1, 0.15) is 6.92 Å². The SMILES string of the molecule is CCN(c1ccccc1N)S(=O)(=O)c1ccc(Br)cc1. The maximum Gasteiger partial charge on any atom is 0.264 e. The molecule has 0 unspecified atom stereocenters. The summed E-state index contributed by atoms with van der Waals surface area (Å²) in [5.74, 6) is 0. The predicted octanol–water partition coefficient (Wildman–Crippen LogP) is 3.25. The molecule has 0 saturated heterocycles. The third-order valence-corrected chi connectivity index (χ3v) is 5.33. The molecule has 4 nitrogen and oxygen atoms in total. The molecule has 0 aliphatic heterocycles. The topological polar surface area (TPSA) is 63.4 Å². The Balaban J connectivity index is 2.51. The lowest BCUT2D eigenvalue weighted by molar-refractivity contribution is 0.592. The van der Waals surface area contributed by atoms with Crippen molar-refractivity contribution in [3.8, 4) is 0 Å². The molecule has 2 aromatic carbocycles. The second kappa shape index (κ2) is 5.85. The fraction of sp³-hybridized carbons (Fsp3) is 0.143. The van der Waals surface area contributed by atoms with E-state index in [1.807, 2.05) is 0 Å². The average Bonchev–Trinajstić information content (AvgIpc) is 2.42. The third kappa shape index (κ3) is 2.81. The van der Waals surface area contributed by atoms with Gasteiger partial charge < -0.3 is 5.73 Å². The summed E-state index contributed by atoms with van der Waals surface area (Å²) in [4.78, 5) is 0.241. The summed E-state index contributed by atoms with van der Waals surface area (Å²) >= 11 is 3.29. The molecule has 2 aromatic rings. The van der Waals surface area contributed by atoms with E-state index in [1.54, 1.807) is 55.5 Å². The quantitative estimate of drug-likeness (QED) is 0.857. The molecule has 20 heavy (non-hydrogen) atoms. The van der Waals surface area contributed by atoms with Crippen molar-refractivity contribution in [3.05, 3.63) is 53.0 Å². The molecule has 2 rings (SSSR count). The van der Waals surface area contributed by atoms with Gasteiger partial charge in [0.2, 0.25) is 0 Å². The second-order valence-electron chi connectivity index (χ2n) is 4.18. The first-order valence-corrected chi connectivity index (χ1v) is 8.33. The van der Waals surface area contributed by atoms with Gasteiger partial charge in [0.1, 0.15) is 0 Å². The fourth-order valence-electron chi connectivity index (χ4n) is 1.92. The molecule has 6 heteroatoms. The average molecular weight is 355 g/mol. The number of sulfonamides is 1. The first-order valence-electron chi connectivity index (χ1n) is 6.09. The van der Waals surface area contributed by atoms with Crippen molar-refractivity contribution in [2.24, 2.45) is 0 Å². The van der Waals surface area contributed by atoms with E-state index in [-0.39, 0.29) is 4.90 Å². The number of nitrogens with two attached hydrogens (primary N) is 1. The lowest BCUT2D eigenvalue weighted by atomic mass is 10.3. The van der Waals surface area contributed by atoms with E-state index < -0.39 is 10.0 Å². The van der Waals surface area contributed by atoms with Gasteiger partial charge in [0, 0.05) is 11.0 Å². The van der Waals surface area contributed by atoms with Crippen molar-refractivity contribution in [3.63, 3.8) is 0 Å². The van der Waals surface area contributed by atoms with Crippen LogP contribution in [0.3, 0.4) is 0 Å². The Hall–Kier alpha value is -1.53. The number of halogens is 1. The van der Waals surface area contributed by atoms with Crippen LogP contribution in [-0.4, -0.2) is 15.0 Å². The minimum atomic E-state index is -3.61. The Morgan fingerprint density at radius 3 is 2.25 bits per heavy atom. The molecular weight excluding hydrogens is 340 g/mol. The van der Waals surface area contributed by atoms with Crippen molar-refractivity contribution >= 4 is 37.3 Å². The van der Waals surface area contributed by atoms with E-state index >= 15 is 0 Å². The Bertz CT molecular complexity index is 699. The first kappa shape index (κ1) is 14.9. The van der Waals surface area contributed by atoms with Crippen molar-refractivity contribution < 1.29 is 8.42 Å². The Kier molecular flexibility index (Phi) is 4.35. The molecule has 0 aliphatic rings. The van der Waals surface area contributed by atoms with Gasteiger partial charge in [0.15, 0.2) is 0 Å². The summed E-state index contributed by atoms with van der Waals surface area (Å²) in [6.07, 6.45) is 0. The zero-order chi connectivity index (χ0) is 14.8. The van der Waals surface area contributed by atoms with E-state index in [4.69, 9.17) is 5.73 Å². The molecule has 0 spiro atoms. The first-order chi connectivity index (χ1) is 9.46. The van der Waals surface area contributed by atoms with Crippen LogP contribution in [0.4, 0.5) is 11.4 Å². The molecule has 0 radical (unpaired) electrons. The maximum absolute atomic E-state index is 12.7. The summed E-state index contributed by atoms with van der Waals surface area (Å²) in [6, 6.07) is 13.5. The summed E-state index contributed by atoms with van der Waals surface area (Å²) in [6.45, 7) is 2.09. The van der Waals surface area contributed by atoms with Gasteiger partial charge in [-0.25, -0.2) is 8.42 Å². The fourth-order valence-corrected chi connectivity index (χ4v) is 3.68. The highest BCUT2D eigenvalue weighted by atomic mass is 79.9. The summed E-state index contributed by atoms with van der Waals surface area (Å²) in [5, 5.41) is 0. The van der Waals surface area contributed by atoms with Crippen LogP contribution in [0.2, 0.25) is 0 Å². The van der Waals surface area contributed by atoms with Gasteiger partial charge in [-0.15, -0.1) is 0 Å². The lowest BCUT2D eigenvalue weighted by Gasteiger charge is -2.24. The molecule has 2 N–H and O–H groups in total. The Labute approximate surface area is 127 Å². The third-order valence-electron chi connectivity index (χ3n) is 2.89. The lowest BCUT2D eigenvalue weighted by Crippen LogP contribution is -2.31. The number of rotatable bonds is 4. The zero-order valence-corrected chi connectivity index (χ0v) is 13.4. The maximum atomic E-state index is 12.7. The van der Waals surface area contributed by atoms with Crippen LogP contribution < -0.4 is 10.0 Å². The van der Waals surface area contributed by atoms with Crippen LogP contribution in [0, 0.1) is 0 Å². The number of anilines is 2. The van der Waals surface area contributed by atoms with Crippen molar-refractivity contribution in [1.82, 2.24) is 0 Å². The number of hydrogen-bond donors (Lipinski definition) is 1. The van der Waals surface area contributed by atoms with E-state index in [2.05, 4.69) is 15.9 Å². The van der Waals surface area contributed by atoms with Gasteiger partial charge in [-0.1, -0.05) is 28.1 Å². The minimum absolute atomic E-state index is 0.241. The summed E-state index contributed by atoms with van der Waals surface area (Å²) in [5.41, 5.74) is 6.82. The minimum Gasteiger partial charge on any atom is -0.397 e. The van der Waals surface area contributed by atoms with Gasteiger partial charge in [0.25, 0.3) is 10.0 Å². The molecule has 0 fully saturated rings. The van der Waals surface area contributed by atoms with E-state index in [9.17, 15) is 8.42 Å². The van der Waals surface area contributed by atoms with E-state index in [0.29, 0.717) is 17.9 Å². The van der Waals surface area contributed by atoms with Gasteiger partial charge >= 0.3 is 0 Å². The number of benzene rings is 2. The standard InChI is InChI=1S/C14H15BrN2O2S/c1-2-17(14-6-4-3-5-13(14)16)20(18,19)12-9-7-11(15)8-10-12/h3-10H,2,16H2,1H3. The normalized spacial score (nSPS) is 11.3. The molecular formula is C14H15BrN2O2S. The number of hydrogen-bond acceptors (Lipinski definition) is 3. The Morgan fingerprint density at radius 1 is 1.10 bits per heavy atom. The largest absolute Gasteiger partial charge is 0.397 e. The summed E-state index contributed by atoms with van der Waals surface area (Å²) < 4.78 is 27.5. The van der Waals surface area contributed by atoms with Crippen LogP contribution in [0.25, 0.3) is 0 Å². The predicted molar refractivity (Wildman–Crippen MR) is 85.2 cm³/mol. The van der Waals surface area contributed by atoms with E-state index in [0.717, 1.165) is 4.47 Å². The van der Waals surface area contributed by atoms with Crippen LogP contribution >= 0.6 is 15.9 Å². The Morgan fingerprint density at radius 2 is 1.70 bits per heavy atom. The highest BCUT2D eigenvalue weighted by Gasteiger charge is 2.24. The van der Waals surface area contributed by atoms with Gasteiger partial charge in [-0.05, 0) is 43.3 Å². The van der Waals surface area contributed by atoms with Crippen molar-refractivity contribution in [1.29, 1.82) is 0 Å². The van der Waals surface area contributed by atoms with Crippen LogP contribution in [0.15, 0.2) is 57.9 Å². The molecule has 0 bridgehead atoms. The summed E-state index contributed by atoms with van der Waals surface area (Å²) in [7, 11) is -3.61. The molecule has 0 aromatic heterocycles. The molecule has 0 atom stereocenters. The van der Waals surface area contributed by atoms with E-state index in [1.165, 1.54) is 4.31 Å². The van der Waals surface area contributed by atoms with Gasteiger partial charge in [-0.3, -0.25) is 4.31 Å². The molecule has 0 amide bonds. The highest BCUT2D eigenvalue weighted by Crippen LogP contribution is 2.28. The van der Waals surface area contributed by atoms with Crippen LogP contribution in [-0.2, 0) is 10.0 Å². The smallest absolute Gasteiger partial charge is 0.264 e. The molecule has 0 saturated carbocycles. The van der Waals surface area contributed by atoms with Crippen LogP contribution in [0.5, 0.6) is 0 Å². The van der Waals surface area contributed by atoms with Gasteiger partial charge in [-0.2, -0.15) is 0 Å². The number of nitrogen functional groups attached to an aromatic ring is 1. The molecule has 106 valence electrons. The highest BCUT2D eigenvalue weighted by molar-refractivity contribution is 9.10. The number of para-hydroxylation sites is 2. The van der Waals surface area contributed by atoms with Gasteiger partial charge in [0.05, 0.1) is 16.3 Å². The van der Waals surface area contributed by atoms with Crippen molar-refractivity contribution in [2.75, 3.05) is 16.6 Å². The zero-order valence-electron chi connectivity index (χ0n) is 11.0. The van der Waals surface area contributed by atoms with Crippen molar-refractivity contribution in [2.45, 2.75) is 11.8 Å². The second-order valence-corrected chi connectivity index (χ2v) is 6.96.